The van der Waals surface area contributed by atoms with Crippen molar-refractivity contribution >= 4 is 34.7 Å². The molecule has 2 aliphatic heterocycles. The molecule has 3 aromatic carbocycles. The Morgan fingerprint density at radius 1 is 0.932 bits per heavy atom. The highest BCUT2D eigenvalue weighted by Crippen LogP contribution is 2.32. The van der Waals surface area contributed by atoms with E-state index in [1.807, 2.05) is 47.8 Å². The average Bonchev–Trinajstić information content (AvgIpc) is 3.55. The minimum atomic E-state index is -0.362. The highest BCUT2D eigenvalue weighted by atomic mass is 32.1. The number of thiophene rings is 1. The molecule has 0 radical (unpaired) electrons. The molecule has 6 rings (SSSR count). The Balaban J connectivity index is 1.03. The van der Waals surface area contributed by atoms with Crippen LogP contribution >= 0.6 is 11.3 Å². The Labute approximate surface area is 261 Å². The minimum Gasteiger partial charge on any atom is -0.490 e. The maximum absolute atomic E-state index is 13.5. The van der Waals surface area contributed by atoms with Gasteiger partial charge in [0.15, 0.2) is 0 Å². The topological polar surface area (TPSA) is 97.0 Å². The van der Waals surface area contributed by atoms with Crippen molar-refractivity contribution in [3.63, 3.8) is 0 Å². The Kier molecular flexibility index (Phi) is 9.04. The lowest BCUT2D eigenvalue weighted by atomic mass is 9.94. The van der Waals surface area contributed by atoms with Crippen LogP contribution in [0.5, 0.6) is 5.75 Å². The van der Waals surface area contributed by atoms with Crippen LogP contribution in [0.2, 0.25) is 0 Å². The third-order valence-corrected chi connectivity index (χ3v) is 9.05. The number of rotatable bonds is 8. The normalized spacial score (nSPS) is 19.5. The predicted octanol–water partition coefficient (Wildman–Crippen LogP) is 5.68. The number of hydrogen-bond donors (Lipinski definition) is 2. The van der Waals surface area contributed by atoms with Crippen molar-refractivity contribution in [2.45, 2.75) is 50.5 Å². The van der Waals surface area contributed by atoms with Gasteiger partial charge in [0.1, 0.15) is 18.5 Å². The van der Waals surface area contributed by atoms with Gasteiger partial charge in [-0.15, -0.1) is 11.3 Å². The van der Waals surface area contributed by atoms with E-state index in [0.29, 0.717) is 36.4 Å². The zero-order valence-electron chi connectivity index (χ0n) is 24.5. The van der Waals surface area contributed by atoms with E-state index in [1.54, 1.807) is 30.1 Å². The molecule has 226 valence electrons. The third-order valence-electron chi connectivity index (χ3n) is 8.17. The quantitative estimate of drug-likeness (QED) is 0.268. The van der Waals surface area contributed by atoms with Crippen LogP contribution in [0.4, 0.5) is 5.69 Å². The van der Waals surface area contributed by atoms with Crippen molar-refractivity contribution in [3.8, 4) is 16.9 Å². The van der Waals surface area contributed by atoms with Gasteiger partial charge in [-0.25, -0.2) is 0 Å². The molecule has 1 saturated heterocycles. The molecule has 2 N–H and O–H groups in total. The number of anilines is 1. The first-order valence-electron chi connectivity index (χ1n) is 14.9. The van der Waals surface area contributed by atoms with E-state index < -0.39 is 0 Å². The van der Waals surface area contributed by atoms with Gasteiger partial charge in [0.2, 0.25) is 11.8 Å². The maximum Gasteiger partial charge on any atom is 0.257 e. The number of fused-ring (bicyclic) bond motifs is 2. The fourth-order valence-electron chi connectivity index (χ4n) is 5.81. The van der Waals surface area contributed by atoms with Gasteiger partial charge in [0.25, 0.3) is 5.91 Å². The van der Waals surface area contributed by atoms with Gasteiger partial charge in [0, 0.05) is 24.2 Å². The number of likely N-dealkylation sites (N-methyl/N-ethyl adjacent to an activating group) is 1. The van der Waals surface area contributed by atoms with Gasteiger partial charge in [-0.2, -0.15) is 0 Å². The van der Waals surface area contributed by atoms with Crippen molar-refractivity contribution in [1.82, 2.24) is 10.2 Å². The molecule has 2 aliphatic rings. The molecular weight excluding hydrogens is 574 g/mol. The largest absolute Gasteiger partial charge is 0.490 e. The third kappa shape index (κ3) is 7.01. The number of ether oxygens (including phenoxy) is 2. The summed E-state index contributed by atoms with van der Waals surface area (Å²) in [7, 11) is 1.77. The zero-order valence-corrected chi connectivity index (χ0v) is 25.3. The molecule has 3 amide bonds. The van der Waals surface area contributed by atoms with E-state index in [9.17, 15) is 14.4 Å². The summed E-state index contributed by atoms with van der Waals surface area (Å²) < 4.78 is 12.4. The number of benzene rings is 3. The number of nitrogens with one attached hydrogen (secondary N) is 2. The van der Waals surface area contributed by atoms with Crippen LogP contribution in [0, 0.1) is 0 Å². The summed E-state index contributed by atoms with van der Waals surface area (Å²) in [6.07, 6.45) is 1.25. The second kappa shape index (κ2) is 13.4. The molecular formula is C35H35N3O5S. The maximum atomic E-state index is 13.5. The van der Waals surface area contributed by atoms with Crippen LogP contribution in [0.3, 0.4) is 0 Å². The average molecular weight is 610 g/mol. The van der Waals surface area contributed by atoms with Crippen molar-refractivity contribution in [3.05, 3.63) is 106 Å². The summed E-state index contributed by atoms with van der Waals surface area (Å²) >= 11 is 1.53. The standard InChI is InChI=1S/C35H35N3O5S/c1-38-30-15-14-27(19-33(39)36-21-23-9-11-25(12-10-23)24-6-3-2-4-7-24)43-32(30)22-42-31-16-13-26(18-29(31)35(38)41)37-34(40)20-28-8-5-17-44-28/h2-13,16-18,27,30,32H,14-15,19-22H2,1H3,(H,36,39)(H,37,40)/t27-,30-,32-/m1/s1. The van der Waals surface area contributed by atoms with Crippen molar-refractivity contribution in [2.75, 3.05) is 19.0 Å². The van der Waals surface area contributed by atoms with Crippen LogP contribution in [-0.4, -0.2) is 54.5 Å². The van der Waals surface area contributed by atoms with Crippen LogP contribution in [-0.2, 0) is 27.3 Å². The van der Waals surface area contributed by atoms with Gasteiger partial charge < -0.3 is 25.0 Å². The Hall–Kier alpha value is -4.47. The summed E-state index contributed by atoms with van der Waals surface area (Å²) in [5, 5.41) is 7.84. The molecule has 1 fully saturated rings. The molecule has 44 heavy (non-hydrogen) atoms. The van der Waals surface area contributed by atoms with E-state index in [1.165, 1.54) is 11.3 Å². The van der Waals surface area contributed by atoms with E-state index >= 15 is 0 Å². The molecule has 8 nitrogen and oxygen atoms in total. The summed E-state index contributed by atoms with van der Waals surface area (Å²) in [5.41, 5.74) is 4.27. The van der Waals surface area contributed by atoms with Gasteiger partial charge in [-0.3, -0.25) is 14.4 Å². The van der Waals surface area contributed by atoms with Gasteiger partial charge in [-0.05, 0) is 59.2 Å². The number of hydrogen-bond acceptors (Lipinski definition) is 6. The first-order chi connectivity index (χ1) is 21.4. The lowest BCUT2D eigenvalue weighted by Crippen LogP contribution is -2.53. The van der Waals surface area contributed by atoms with Crippen LogP contribution in [0.15, 0.2) is 90.3 Å². The lowest BCUT2D eigenvalue weighted by molar-refractivity contribution is -0.134. The Morgan fingerprint density at radius 2 is 1.73 bits per heavy atom. The molecule has 9 heteroatoms. The van der Waals surface area contributed by atoms with Gasteiger partial charge in [-0.1, -0.05) is 60.7 Å². The van der Waals surface area contributed by atoms with Crippen molar-refractivity contribution < 1.29 is 23.9 Å². The molecule has 0 aliphatic carbocycles. The lowest BCUT2D eigenvalue weighted by Gasteiger charge is -2.42. The molecule has 3 heterocycles. The number of carbonyl (C=O) groups excluding carboxylic acids is 3. The first-order valence-corrected chi connectivity index (χ1v) is 15.7. The summed E-state index contributed by atoms with van der Waals surface area (Å²) in [6, 6.07) is 27.1. The molecule has 4 aromatic rings. The fourth-order valence-corrected chi connectivity index (χ4v) is 6.51. The molecule has 0 unspecified atom stereocenters. The number of amides is 3. The first kappa shape index (κ1) is 29.6. The summed E-state index contributed by atoms with van der Waals surface area (Å²) in [4.78, 5) is 41.5. The van der Waals surface area contributed by atoms with Crippen molar-refractivity contribution in [1.29, 1.82) is 0 Å². The number of carbonyl (C=O) groups is 3. The monoisotopic (exact) mass is 609 g/mol. The highest BCUT2D eigenvalue weighted by Gasteiger charge is 2.39. The SMILES string of the molecule is CN1C(=O)c2cc(NC(=O)Cc3cccs3)ccc2OC[C@H]2O[C@@H](CC(=O)NCc3ccc(-c4ccccc4)cc3)CC[C@H]21. The van der Waals surface area contributed by atoms with Crippen LogP contribution < -0.4 is 15.4 Å². The predicted molar refractivity (Wildman–Crippen MR) is 171 cm³/mol. The van der Waals surface area contributed by atoms with Crippen molar-refractivity contribution in [2.24, 2.45) is 0 Å². The molecule has 0 saturated carbocycles. The molecule has 0 bridgehead atoms. The Morgan fingerprint density at radius 3 is 2.50 bits per heavy atom. The van der Waals surface area contributed by atoms with E-state index in [2.05, 4.69) is 34.9 Å². The van der Waals surface area contributed by atoms with E-state index in [4.69, 9.17) is 9.47 Å². The second-order valence-electron chi connectivity index (χ2n) is 11.2. The van der Waals surface area contributed by atoms with Gasteiger partial charge in [0.05, 0.1) is 30.6 Å². The molecule has 1 aromatic heterocycles. The summed E-state index contributed by atoms with van der Waals surface area (Å²) in [5.74, 6) is 0.0352. The van der Waals surface area contributed by atoms with E-state index in [-0.39, 0.29) is 55.4 Å². The highest BCUT2D eigenvalue weighted by molar-refractivity contribution is 7.10. The van der Waals surface area contributed by atoms with Crippen LogP contribution in [0.25, 0.3) is 11.1 Å². The minimum absolute atomic E-state index is 0.0734. The molecule has 3 atom stereocenters. The van der Waals surface area contributed by atoms with E-state index in [0.717, 1.165) is 21.6 Å². The second-order valence-corrected chi connectivity index (χ2v) is 12.3. The fraction of sp³-hybridized carbons (Fsp3) is 0.286. The zero-order chi connectivity index (χ0) is 30.5. The van der Waals surface area contributed by atoms with Crippen LogP contribution in [0.1, 0.15) is 40.1 Å². The number of nitrogens with zero attached hydrogens (tertiary/aromatic N) is 1. The Bertz CT molecular complexity index is 1610. The smallest absolute Gasteiger partial charge is 0.257 e. The van der Waals surface area contributed by atoms with Gasteiger partial charge >= 0.3 is 0 Å². The molecule has 0 spiro atoms. The summed E-state index contributed by atoms with van der Waals surface area (Å²) in [6.45, 7) is 0.700.